The SMILES string of the molecule is CCCCC(=C/[Si](C)(C)C)/C(=C/[Si](C)(C)C)CCCC. The molecule has 0 aliphatic carbocycles. The summed E-state index contributed by atoms with van der Waals surface area (Å²) in [6.07, 6.45) is 7.87. The van der Waals surface area contributed by atoms with Crippen LogP contribution in [0.25, 0.3) is 0 Å². The molecule has 0 saturated carbocycles. The van der Waals surface area contributed by atoms with Crippen LogP contribution in [0.1, 0.15) is 52.4 Å². The Labute approximate surface area is 130 Å². The van der Waals surface area contributed by atoms with Gasteiger partial charge < -0.3 is 0 Å². The Morgan fingerprint density at radius 3 is 1.15 bits per heavy atom. The first-order valence-electron chi connectivity index (χ1n) is 8.53. The molecule has 0 radical (unpaired) electrons. The maximum absolute atomic E-state index is 2.67. The zero-order valence-electron chi connectivity index (χ0n) is 15.4. The van der Waals surface area contributed by atoms with E-state index in [2.05, 4.69) is 64.5 Å². The molecule has 0 atom stereocenters. The molecule has 0 unspecified atom stereocenters. The summed E-state index contributed by atoms with van der Waals surface area (Å²) >= 11 is 0. The van der Waals surface area contributed by atoms with Crippen LogP contribution in [0, 0.1) is 0 Å². The van der Waals surface area contributed by atoms with Gasteiger partial charge in [-0.1, -0.05) is 88.5 Å². The highest BCUT2D eigenvalue weighted by atomic mass is 28.3. The summed E-state index contributed by atoms with van der Waals surface area (Å²) in [6.45, 7) is 19.4. The summed E-state index contributed by atoms with van der Waals surface area (Å²) in [4.78, 5) is 0. The van der Waals surface area contributed by atoms with Gasteiger partial charge >= 0.3 is 0 Å². The second kappa shape index (κ2) is 9.04. The highest BCUT2D eigenvalue weighted by Gasteiger charge is 2.17. The Morgan fingerprint density at radius 2 is 0.950 bits per heavy atom. The summed E-state index contributed by atoms with van der Waals surface area (Å²) < 4.78 is 0. The van der Waals surface area contributed by atoms with Gasteiger partial charge in [0.25, 0.3) is 0 Å². The third-order valence-electron chi connectivity index (χ3n) is 3.23. The summed E-state index contributed by atoms with van der Waals surface area (Å²) in [7, 11) is -2.27. The molecule has 0 aromatic carbocycles. The standard InChI is InChI=1S/C18H38Si2/c1-9-11-13-17(15-19(3,4)5)18(14-12-10-2)16-20(6,7)8/h15-16H,9-14H2,1-8H3/b17-15-,18-16+. The van der Waals surface area contributed by atoms with Crippen LogP contribution in [-0.4, -0.2) is 16.1 Å². The van der Waals surface area contributed by atoms with E-state index in [-0.39, 0.29) is 0 Å². The molecule has 0 aromatic rings. The maximum Gasteiger partial charge on any atom is 0.0690 e. The van der Waals surface area contributed by atoms with E-state index in [9.17, 15) is 0 Å². The lowest BCUT2D eigenvalue weighted by molar-refractivity contribution is 0.754. The Hall–Kier alpha value is -0.0862. The van der Waals surface area contributed by atoms with Gasteiger partial charge in [-0.05, 0) is 25.7 Å². The number of allylic oxidation sites excluding steroid dienone is 2. The van der Waals surface area contributed by atoms with Crippen molar-refractivity contribution in [3.63, 3.8) is 0 Å². The number of rotatable bonds is 9. The molecule has 0 aliphatic heterocycles. The van der Waals surface area contributed by atoms with Gasteiger partial charge in [-0.15, -0.1) is 0 Å². The van der Waals surface area contributed by atoms with Gasteiger partial charge in [0.15, 0.2) is 0 Å². The summed E-state index contributed by atoms with van der Waals surface area (Å²) in [5.74, 6) is 0. The van der Waals surface area contributed by atoms with Gasteiger partial charge in [0.05, 0.1) is 16.1 Å². The van der Waals surface area contributed by atoms with Crippen molar-refractivity contribution in [3.05, 3.63) is 22.5 Å². The number of hydrogen-bond donors (Lipinski definition) is 0. The van der Waals surface area contributed by atoms with E-state index in [1.807, 2.05) is 0 Å². The molecule has 0 amide bonds. The van der Waals surface area contributed by atoms with Crippen LogP contribution in [0.15, 0.2) is 22.5 Å². The van der Waals surface area contributed by atoms with Crippen LogP contribution >= 0.6 is 0 Å². The van der Waals surface area contributed by atoms with E-state index >= 15 is 0 Å². The highest BCUT2D eigenvalue weighted by Crippen LogP contribution is 2.26. The van der Waals surface area contributed by atoms with Crippen molar-refractivity contribution in [1.29, 1.82) is 0 Å². The fourth-order valence-electron chi connectivity index (χ4n) is 2.43. The number of unbranched alkanes of at least 4 members (excludes halogenated alkanes) is 2. The molecule has 118 valence electrons. The third-order valence-corrected chi connectivity index (χ3v) is 5.66. The predicted molar refractivity (Wildman–Crippen MR) is 102 cm³/mol. The molecule has 0 heterocycles. The smallest absolute Gasteiger partial charge is 0.0690 e. The molecule has 0 rings (SSSR count). The van der Waals surface area contributed by atoms with Crippen molar-refractivity contribution >= 4 is 16.1 Å². The van der Waals surface area contributed by atoms with Gasteiger partial charge in [-0.3, -0.25) is 0 Å². The van der Waals surface area contributed by atoms with E-state index < -0.39 is 16.1 Å². The highest BCUT2D eigenvalue weighted by molar-refractivity contribution is 6.81. The normalized spacial score (nSPS) is 14.8. The first kappa shape index (κ1) is 19.9. The first-order valence-corrected chi connectivity index (χ1v) is 15.7. The van der Waals surface area contributed by atoms with Gasteiger partial charge in [-0.25, -0.2) is 0 Å². The van der Waals surface area contributed by atoms with Crippen molar-refractivity contribution < 1.29 is 0 Å². The molecule has 0 saturated heterocycles. The monoisotopic (exact) mass is 310 g/mol. The predicted octanol–water partition coefficient (Wildman–Crippen LogP) is 6.97. The van der Waals surface area contributed by atoms with Crippen LogP contribution in [-0.2, 0) is 0 Å². The van der Waals surface area contributed by atoms with Crippen molar-refractivity contribution in [2.24, 2.45) is 0 Å². The largest absolute Gasteiger partial charge is 0.0916 e. The molecule has 20 heavy (non-hydrogen) atoms. The summed E-state index contributed by atoms with van der Waals surface area (Å²) in [6, 6.07) is 0. The lowest BCUT2D eigenvalue weighted by atomic mass is 9.99. The second-order valence-corrected chi connectivity index (χ2v) is 18.3. The Balaban J connectivity index is 5.39. The molecule has 0 fully saturated rings. The Kier molecular flexibility index (Phi) is 9.00. The van der Waals surface area contributed by atoms with Gasteiger partial charge in [0.2, 0.25) is 0 Å². The molecular formula is C18H38Si2. The molecule has 0 aromatic heterocycles. The van der Waals surface area contributed by atoms with Crippen LogP contribution in [0.5, 0.6) is 0 Å². The van der Waals surface area contributed by atoms with Crippen molar-refractivity contribution in [3.8, 4) is 0 Å². The Bertz CT molecular complexity index is 290. The zero-order valence-corrected chi connectivity index (χ0v) is 17.4. The lowest BCUT2D eigenvalue weighted by Crippen LogP contribution is -2.20. The Morgan fingerprint density at radius 1 is 0.650 bits per heavy atom. The van der Waals surface area contributed by atoms with E-state index in [1.54, 1.807) is 11.1 Å². The molecular weight excluding hydrogens is 272 g/mol. The fraction of sp³-hybridized carbons (Fsp3) is 0.778. The minimum Gasteiger partial charge on any atom is -0.0916 e. The van der Waals surface area contributed by atoms with Crippen molar-refractivity contribution in [2.45, 2.75) is 91.7 Å². The van der Waals surface area contributed by atoms with E-state index in [1.165, 1.54) is 38.5 Å². The fourth-order valence-corrected chi connectivity index (χ4v) is 5.18. The lowest BCUT2D eigenvalue weighted by Gasteiger charge is -2.21. The molecule has 0 spiro atoms. The molecule has 0 aliphatic rings. The first-order chi connectivity index (χ1) is 9.09. The van der Waals surface area contributed by atoms with Gasteiger partial charge in [0.1, 0.15) is 0 Å². The summed E-state index contributed by atoms with van der Waals surface area (Å²) in [5.41, 5.74) is 8.73. The van der Waals surface area contributed by atoms with Gasteiger partial charge in [0, 0.05) is 0 Å². The van der Waals surface area contributed by atoms with E-state index in [0.29, 0.717) is 0 Å². The van der Waals surface area contributed by atoms with E-state index in [0.717, 1.165) is 0 Å². The molecule has 2 heteroatoms. The molecule has 0 nitrogen and oxygen atoms in total. The average Bonchev–Trinajstić information content (AvgIpc) is 2.27. The topological polar surface area (TPSA) is 0 Å². The van der Waals surface area contributed by atoms with Crippen molar-refractivity contribution in [2.75, 3.05) is 0 Å². The third kappa shape index (κ3) is 10.7. The minimum absolute atomic E-state index is 1.14. The quantitative estimate of drug-likeness (QED) is 0.318. The van der Waals surface area contributed by atoms with E-state index in [4.69, 9.17) is 0 Å². The maximum atomic E-state index is 2.67. The minimum atomic E-state index is -1.14. The number of hydrogen-bond acceptors (Lipinski definition) is 0. The van der Waals surface area contributed by atoms with Crippen LogP contribution in [0.2, 0.25) is 39.3 Å². The van der Waals surface area contributed by atoms with Gasteiger partial charge in [-0.2, -0.15) is 0 Å². The van der Waals surface area contributed by atoms with Crippen LogP contribution in [0.4, 0.5) is 0 Å². The second-order valence-electron chi connectivity index (χ2n) is 8.28. The van der Waals surface area contributed by atoms with Crippen LogP contribution in [0.3, 0.4) is 0 Å². The van der Waals surface area contributed by atoms with Crippen molar-refractivity contribution in [1.82, 2.24) is 0 Å². The van der Waals surface area contributed by atoms with Crippen LogP contribution < -0.4 is 0 Å². The summed E-state index contributed by atoms with van der Waals surface area (Å²) in [5, 5.41) is 0. The molecule has 0 N–H and O–H groups in total. The average molecular weight is 311 g/mol. The zero-order chi connectivity index (χ0) is 15.8. The molecule has 0 bridgehead atoms.